The molecule has 4 rings (SSSR count). The highest BCUT2D eigenvalue weighted by atomic mass is 32.2. The van der Waals surface area contributed by atoms with Crippen molar-refractivity contribution in [3.8, 4) is 23.1 Å². The minimum Gasteiger partial charge on any atom is -0.457 e. The first-order valence-electron chi connectivity index (χ1n) is 10.4. The van der Waals surface area contributed by atoms with Crippen LogP contribution in [0.4, 0.5) is 18.9 Å². The Morgan fingerprint density at radius 2 is 1.51 bits per heavy atom. The summed E-state index contributed by atoms with van der Waals surface area (Å²) >= 11 is 0. The number of benzene rings is 2. The van der Waals surface area contributed by atoms with Crippen molar-refractivity contribution in [1.29, 1.82) is 0 Å². The Morgan fingerprint density at radius 3 is 2.06 bits per heavy atom. The first-order chi connectivity index (χ1) is 16.6. The number of aromatic nitrogens is 1. The van der Waals surface area contributed by atoms with Crippen LogP contribution in [-0.4, -0.2) is 32.0 Å². The summed E-state index contributed by atoms with van der Waals surface area (Å²) in [5.41, 5.74) is 0.293. The fourth-order valence-electron chi connectivity index (χ4n) is 3.52. The predicted octanol–water partition coefficient (Wildman–Crippen LogP) is 5.24. The Kier molecular flexibility index (Phi) is 6.66. The van der Waals surface area contributed by atoms with Crippen molar-refractivity contribution < 1.29 is 31.1 Å². The standard InChI is InChI=1S/C24H21F3N3O4S/c25-24(26,27)35(31,32)30(15-3-4-18(16-28)17-30)19-6-8-20(9-7-19)33-21-10-12-22(13-11-21)34-23-5-1-2-14-29-23/h1-14,17H,15-16,28H2/q+1. The van der Waals surface area contributed by atoms with Crippen LogP contribution in [0.25, 0.3) is 0 Å². The second-order valence-corrected chi connectivity index (χ2v) is 9.61. The van der Waals surface area contributed by atoms with Crippen LogP contribution in [0.3, 0.4) is 0 Å². The van der Waals surface area contributed by atoms with E-state index in [-0.39, 0.29) is 17.8 Å². The largest absolute Gasteiger partial charge is 0.550 e. The van der Waals surface area contributed by atoms with Crippen molar-refractivity contribution in [2.45, 2.75) is 5.51 Å². The molecule has 11 heteroatoms. The van der Waals surface area contributed by atoms with E-state index < -0.39 is 26.0 Å². The molecule has 2 aromatic carbocycles. The minimum absolute atomic E-state index is 0.0934. The van der Waals surface area contributed by atoms with E-state index in [9.17, 15) is 21.6 Å². The van der Waals surface area contributed by atoms with Crippen molar-refractivity contribution in [3.05, 3.63) is 96.9 Å². The Labute approximate surface area is 200 Å². The molecule has 0 fully saturated rings. The van der Waals surface area contributed by atoms with Crippen molar-refractivity contribution in [2.75, 3.05) is 13.1 Å². The van der Waals surface area contributed by atoms with E-state index in [0.717, 1.165) is 6.20 Å². The van der Waals surface area contributed by atoms with Gasteiger partial charge < -0.3 is 15.2 Å². The summed E-state index contributed by atoms with van der Waals surface area (Å²) in [6.07, 6.45) is 5.51. The molecule has 2 heterocycles. The number of hydrogen-bond acceptors (Lipinski definition) is 6. The molecule has 1 atom stereocenters. The van der Waals surface area contributed by atoms with E-state index in [0.29, 0.717) is 23.1 Å². The number of rotatable bonds is 7. The van der Waals surface area contributed by atoms with Gasteiger partial charge in [-0.3, -0.25) is 0 Å². The number of halogens is 3. The lowest BCUT2D eigenvalue weighted by atomic mass is 10.2. The molecule has 0 spiro atoms. The monoisotopic (exact) mass is 504 g/mol. The lowest BCUT2D eigenvalue weighted by molar-refractivity contribution is -0.0473. The Balaban J connectivity index is 1.57. The maximum absolute atomic E-state index is 13.6. The molecule has 0 bridgehead atoms. The maximum atomic E-state index is 13.6. The van der Waals surface area contributed by atoms with Crippen LogP contribution < -0.4 is 19.1 Å². The highest BCUT2D eigenvalue weighted by molar-refractivity contribution is 7.91. The molecular weight excluding hydrogens is 483 g/mol. The molecule has 0 saturated heterocycles. The molecule has 3 aromatic rings. The third kappa shape index (κ3) is 4.92. The summed E-state index contributed by atoms with van der Waals surface area (Å²) in [6, 6.07) is 17.3. The molecule has 2 N–H and O–H groups in total. The third-order valence-electron chi connectivity index (χ3n) is 5.23. The fraction of sp³-hybridized carbons (Fsp3) is 0.125. The van der Waals surface area contributed by atoms with Gasteiger partial charge >= 0.3 is 15.5 Å². The molecule has 0 amide bonds. The topological polar surface area (TPSA) is 91.5 Å². The van der Waals surface area contributed by atoms with E-state index >= 15 is 0 Å². The summed E-state index contributed by atoms with van der Waals surface area (Å²) < 4.78 is 75.9. The zero-order valence-electron chi connectivity index (χ0n) is 18.2. The number of nitrogens with zero attached hydrogens (tertiary/aromatic N) is 2. The van der Waals surface area contributed by atoms with Crippen LogP contribution in [-0.2, 0) is 10.0 Å². The fourth-order valence-corrected chi connectivity index (χ4v) is 4.85. The smallest absolute Gasteiger partial charge is 0.457 e. The van der Waals surface area contributed by atoms with Crippen LogP contribution >= 0.6 is 0 Å². The van der Waals surface area contributed by atoms with Crippen molar-refractivity contribution in [1.82, 2.24) is 8.87 Å². The van der Waals surface area contributed by atoms with Gasteiger partial charge in [0, 0.05) is 36.5 Å². The zero-order chi connectivity index (χ0) is 25.1. The number of alkyl halides is 3. The van der Waals surface area contributed by atoms with Gasteiger partial charge in [0.1, 0.15) is 30.0 Å². The Bertz CT molecular complexity index is 1340. The number of nitrogens with two attached hydrogens (primary N) is 1. The summed E-state index contributed by atoms with van der Waals surface area (Å²) in [6.45, 7) is -0.533. The normalized spacial score (nSPS) is 18.1. The SMILES string of the molecule is NCC1=C[N+](c2ccc(Oc3ccc(Oc4ccccn4)cc3)cc2)(S(=O)(=O)C(F)(F)F)CC=C1. The number of quaternary nitrogens is 1. The molecule has 7 nitrogen and oxygen atoms in total. The first-order valence-corrected chi connectivity index (χ1v) is 11.8. The number of sulfonamides is 1. The number of ether oxygens (including phenoxy) is 2. The first kappa shape index (κ1) is 24.5. The van der Waals surface area contributed by atoms with Gasteiger partial charge in [-0.25, -0.2) is 4.98 Å². The molecule has 1 aromatic heterocycles. The Hall–Kier alpha value is -3.67. The van der Waals surface area contributed by atoms with E-state index in [1.54, 1.807) is 48.7 Å². The maximum Gasteiger partial charge on any atom is 0.550 e. The van der Waals surface area contributed by atoms with E-state index in [1.807, 2.05) is 0 Å². The van der Waals surface area contributed by atoms with Crippen LogP contribution in [0.2, 0.25) is 0 Å². The van der Waals surface area contributed by atoms with E-state index in [4.69, 9.17) is 15.2 Å². The van der Waals surface area contributed by atoms with Crippen molar-refractivity contribution in [2.24, 2.45) is 5.73 Å². The third-order valence-corrected chi connectivity index (χ3v) is 7.14. The molecule has 182 valence electrons. The molecule has 0 saturated carbocycles. The van der Waals surface area contributed by atoms with Gasteiger partial charge in [-0.2, -0.15) is 21.6 Å². The average Bonchev–Trinajstić information content (AvgIpc) is 2.85. The Morgan fingerprint density at radius 1 is 0.914 bits per heavy atom. The predicted molar refractivity (Wildman–Crippen MR) is 125 cm³/mol. The van der Waals surface area contributed by atoms with Gasteiger partial charge in [-0.1, -0.05) is 12.1 Å². The van der Waals surface area contributed by atoms with Gasteiger partial charge in [0.2, 0.25) is 5.88 Å². The second kappa shape index (κ2) is 9.53. The molecule has 1 aliphatic heterocycles. The van der Waals surface area contributed by atoms with Crippen molar-refractivity contribution >= 4 is 15.7 Å². The van der Waals surface area contributed by atoms with Crippen LogP contribution in [0, 0.1) is 0 Å². The van der Waals surface area contributed by atoms with Gasteiger partial charge in [-0.15, -0.1) is 3.89 Å². The summed E-state index contributed by atoms with van der Waals surface area (Å²) in [4.78, 5) is 4.08. The zero-order valence-corrected chi connectivity index (χ0v) is 19.0. The highest BCUT2D eigenvalue weighted by Crippen LogP contribution is 2.41. The summed E-state index contributed by atoms with van der Waals surface area (Å²) in [5, 5.41) is 0. The van der Waals surface area contributed by atoms with Gasteiger partial charge in [0.15, 0.2) is 5.69 Å². The molecule has 0 radical (unpaired) electrons. The van der Waals surface area contributed by atoms with Crippen LogP contribution in [0.1, 0.15) is 0 Å². The second-order valence-electron chi connectivity index (χ2n) is 7.55. The number of pyridine rings is 1. The molecule has 1 aliphatic rings. The number of hydrogen-bond donors (Lipinski definition) is 1. The van der Waals surface area contributed by atoms with Gasteiger partial charge in [0.25, 0.3) is 0 Å². The quantitative estimate of drug-likeness (QED) is 0.443. The highest BCUT2D eigenvalue weighted by Gasteiger charge is 2.61. The lowest BCUT2D eigenvalue weighted by Crippen LogP contribution is -2.56. The average molecular weight is 505 g/mol. The van der Waals surface area contributed by atoms with E-state index in [1.165, 1.54) is 36.4 Å². The summed E-state index contributed by atoms with van der Waals surface area (Å²) in [5.74, 6) is 1.73. The van der Waals surface area contributed by atoms with Crippen molar-refractivity contribution in [3.63, 3.8) is 0 Å². The van der Waals surface area contributed by atoms with Crippen LogP contribution in [0.15, 0.2) is 96.9 Å². The van der Waals surface area contributed by atoms with E-state index in [2.05, 4.69) is 4.98 Å². The lowest BCUT2D eigenvalue weighted by Gasteiger charge is -2.34. The molecular formula is C24H21F3N3O4S+. The summed E-state index contributed by atoms with van der Waals surface area (Å²) in [7, 11) is -5.67. The molecule has 0 aliphatic carbocycles. The molecule has 35 heavy (non-hydrogen) atoms. The molecule has 1 unspecified atom stereocenters. The minimum atomic E-state index is -5.67. The van der Waals surface area contributed by atoms with Crippen LogP contribution in [0.5, 0.6) is 23.1 Å². The van der Waals surface area contributed by atoms with Gasteiger partial charge in [0.05, 0.1) is 0 Å². The van der Waals surface area contributed by atoms with Gasteiger partial charge in [-0.05, 0) is 48.5 Å².